The first-order valence-electron chi connectivity index (χ1n) is 13.7. The zero-order valence-corrected chi connectivity index (χ0v) is 23.9. The molecule has 2 N–H and O–H groups in total. The molecular weight excluding hydrogens is 580 g/mol. The Labute approximate surface area is 250 Å². The molecule has 0 spiro atoms. The number of fused-ring (bicyclic) bond motifs is 6. The normalized spacial score (nSPS) is 14.3. The third-order valence-electron chi connectivity index (χ3n) is 6.53. The van der Waals surface area contributed by atoms with Crippen LogP contribution in [0.4, 0.5) is 20.4 Å². The van der Waals surface area contributed by atoms with Crippen molar-refractivity contribution in [2.45, 2.75) is 25.0 Å². The number of anilines is 2. The van der Waals surface area contributed by atoms with Crippen LogP contribution in [-0.4, -0.2) is 64.6 Å². The number of pyridine rings is 2. The minimum atomic E-state index is -0.572. The van der Waals surface area contributed by atoms with E-state index < -0.39 is 11.6 Å². The molecule has 43 heavy (non-hydrogen) atoms. The second-order valence-corrected chi connectivity index (χ2v) is 10.8. The second kappa shape index (κ2) is 14.1. The van der Waals surface area contributed by atoms with Gasteiger partial charge in [-0.1, -0.05) is 0 Å². The minimum Gasteiger partial charge on any atom is -0.493 e. The summed E-state index contributed by atoms with van der Waals surface area (Å²) < 4.78 is 40.4. The van der Waals surface area contributed by atoms with Gasteiger partial charge in [-0.05, 0) is 36.2 Å². The van der Waals surface area contributed by atoms with E-state index >= 15 is 0 Å². The van der Waals surface area contributed by atoms with E-state index in [9.17, 15) is 23.2 Å². The Hall–Kier alpha value is -4.52. The largest absolute Gasteiger partial charge is 0.493 e. The van der Waals surface area contributed by atoms with E-state index in [1.807, 2.05) is 12.1 Å². The molecule has 224 valence electrons. The van der Waals surface area contributed by atoms with Crippen LogP contribution in [0.15, 0.2) is 54.7 Å². The van der Waals surface area contributed by atoms with Crippen molar-refractivity contribution in [1.29, 1.82) is 0 Å². The molecule has 13 heteroatoms. The molecule has 1 aromatic carbocycles. The molecule has 0 atom stereocenters. The molecular formula is C30H29F2N5O5S. The summed E-state index contributed by atoms with van der Waals surface area (Å²) in [4.78, 5) is 45.1. The molecule has 0 aliphatic carbocycles. The smallest absolute Gasteiger partial charge is 0.253 e. The van der Waals surface area contributed by atoms with Crippen LogP contribution in [0, 0.1) is 11.6 Å². The zero-order valence-electron chi connectivity index (χ0n) is 23.1. The average Bonchev–Trinajstić information content (AvgIpc) is 3.30. The number of halogens is 2. The van der Waals surface area contributed by atoms with Crippen LogP contribution in [0.3, 0.4) is 0 Å². The molecule has 0 saturated heterocycles. The fraction of sp³-hybridized carbons (Fsp3) is 0.300. The van der Waals surface area contributed by atoms with E-state index in [-0.39, 0.29) is 48.6 Å². The van der Waals surface area contributed by atoms with Crippen molar-refractivity contribution in [3.8, 4) is 22.8 Å². The van der Waals surface area contributed by atoms with Crippen molar-refractivity contribution in [1.82, 2.24) is 20.2 Å². The number of carbonyl (C=O) groups excluding carboxylic acids is 3. The highest BCUT2D eigenvalue weighted by Crippen LogP contribution is 2.34. The van der Waals surface area contributed by atoms with Crippen molar-refractivity contribution < 1.29 is 32.6 Å². The van der Waals surface area contributed by atoms with Gasteiger partial charge in [0.1, 0.15) is 29.0 Å². The van der Waals surface area contributed by atoms with Gasteiger partial charge in [-0.3, -0.25) is 19.3 Å². The van der Waals surface area contributed by atoms with Crippen molar-refractivity contribution in [2.75, 3.05) is 37.4 Å². The summed E-state index contributed by atoms with van der Waals surface area (Å²) in [6.45, 7) is 1.20. The maximum Gasteiger partial charge on any atom is 0.253 e. The number of thioether (sulfide) groups is 1. The molecule has 4 heterocycles. The van der Waals surface area contributed by atoms with Crippen molar-refractivity contribution in [3.63, 3.8) is 0 Å². The third kappa shape index (κ3) is 8.07. The van der Waals surface area contributed by atoms with E-state index in [0.29, 0.717) is 60.6 Å². The van der Waals surface area contributed by atoms with Crippen LogP contribution >= 0.6 is 11.8 Å². The molecule has 2 aromatic heterocycles. The van der Waals surface area contributed by atoms with Gasteiger partial charge in [0.25, 0.3) is 11.8 Å². The molecule has 0 saturated carbocycles. The maximum absolute atomic E-state index is 14.8. The molecule has 2 aliphatic heterocycles. The van der Waals surface area contributed by atoms with E-state index in [1.54, 1.807) is 11.8 Å². The molecule has 2 aliphatic rings. The van der Waals surface area contributed by atoms with E-state index in [4.69, 9.17) is 9.47 Å². The topological polar surface area (TPSA) is 123 Å². The van der Waals surface area contributed by atoms with Gasteiger partial charge in [0.05, 0.1) is 19.4 Å². The Morgan fingerprint density at radius 1 is 1.02 bits per heavy atom. The summed E-state index contributed by atoms with van der Waals surface area (Å²) >= 11 is 1.61. The van der Waals surface area contributed by atoms with Crippen LogP contribution < -0.4 is 20.1 Å². The van der Waals surface area contributed by atoms with Gasteiger partial charge in [0.15, 0.2) is 0 Å². The van der Waals surface area contributed by atoms with Crippen LogP contribution in [0.1, 0.15) is 24.8 Å². The van der Waals surface area contributed by atoms with Crippen LogP contribution in [0.2, 0.25) is 0 Å². The number of amides is 3. The molecule has 0 fully saturated rings. The lowest BCUT2D eigenvalue weighted by Crippen LogP contribution is -2.32. The average molecular weight is 610 g/mol. The van der Waals surface area contributed by atoms with Gasteiger partial charge in [-0.2, -0.15) is 16.7 Å². The SMILES string of the molecule is O=C(CCCN1C(=O)C=CC1=O)NCCSCc1cc2nc(c1)OCCCOc1cc(F)ccc1-c1cc(ncc1F)N2. The monoisotopic (exact) mass is 609 g/mol. The van der Waals surface area contributed by atoms with Crippen LogP contribution in [0.5, 0.6) is 11.6 Å². The highest BCUT2D eigenvalue weighted by Gasteiger charge is 2.22. The Morgan fingerprint density at radius 3 is 2.67 bits per heavy atom. The fourth-order valence-electron chi connectivity index (χ4n) is 4.47. The standard InChI is InChI=1S/C30H29F2N5O5S/c31-20-4-5-21-22-16-25(34-17-23(22)32)35-26-13-19(14-28(36-26)42-11-2-10-41-24(21)15-20)18-43-12-8-33-27(38)3-1-9-37-29(39)6-7-30(37)40/h4-7,13-17H,1-3,8-12,18H2,(H,33,38)(H,34,35,36). The van der Waals surface area contributed by atoms with Gasteiger partial charge in [0, 0.05) is 72.8 Å². The molecule has 3 amide bonds. The summed E-state index contributed by atoms with van der Waals surface area (Å²) in [5.74, 6) is 0.781. The first kappa shape index (κ1) is 30.0. The number of carbonyl (C=O) groups is 3. The highest BCUT2D eigenvalue weighted by atomic mass is 32.2. The minimum absolute atomic E-state index is 0.144. The maximum atomic E-state index is 14.8. The first-order chi connectivity index (χ1) is 20.9. The van der Waals surface area contributed by atoms with E-state index in [0.717, 1.165) is 16.7 Å². The predicted molar refractivity (Wildman–Crippen MR) is 157 cm³/mol. The van der Waals surface area contributed by atoms with Crippen LogP contribution in [-0.2, 0) is 20.1 Å². The molecule has 0 unspecified atom stereocenters. The quantitative estimate of drug-likeness (QED) is 0.269. The number of aromatic nitrogens is 2. The first-order valence-corrected chi connectivity index (χ1v) is 14.9. The molecule has 0 radical (unpaired) electrons. The van der Waals surface area contributed by atoms with Gasteiger partial charge in [-0.15, -0.1) is 0 Å². The lowest BCUT2D eigenvalue weighted by atomic mass is 10.0. The number of benzene rings is 1. The Morgan fingerprint density at radius 2 is 1.84 bits per heavy atom. The third-order valence-corrected chi connectivity index (χ3v) is 7.56. The van der Waals surface area contributed by atoms with E-state index in [1.165, 1.54) is 36.4 Å². The molecule has 10 nitrogen and oxygen atoms in total. The summed E-state index contributed by atoms with van der Waals surface area (Å²) in [5.41, 5.74) is 1.54. The predicted octanol–water partition coefficient (Wildman–Crippen LogP) is 4.38. The Kier molecular flexibility index (Phi) is 9.82. The molecule has 4 bridgehead atoms. The van der Waals surface area contributed by atoms with Gasteiger partial charge in [-0.25, -0.2) is 13.8 Å². The lowest BCUT2D eigenvalue weighted by Gasteiger charge is -2.16. The number of ether oxygens (including phenoxy) is 2. The van der Waals surface area contributed by atoms with Crippen molar-refractivity contribution in [2.24, 2.45) is 0 Å². The molecule has 5 rings (SSSR count). The Bertz CT molecular complexity index is 1540. The Balaban J connectivity index is 1.17. The summed E-state index contributed by atoms with van der Waals surface area (Å²) in [6.07, 6.45) is 4.65. The lowest BCUT2D eigenvalue weighted by molar-refractivity contribution is -0.137. The summed E-state index contributed by atoms with van der Waals surface area (Å²) in [7, 11) is 0. The van der Waals surface area contributed by atoms with Crippen molar-refractivity contribution >= 4 is 41.1 Å². The number of hydrogen-bond acceptors (Lipinski definition) is 9. The number of nitrogens with zero attached hydrogens (tertiary/aromatic N) is 3. The fourth-order valence-corrected chi connectivity index (χ4v) is 5.26. The zero-order chi connectivity index (χ0) is 30.2. The number of rotatable bonds is 9. The number of hydrogen-bond donors (Lipinski definition) is 2. The highest BCUT2D eigenvalue weighted by molar-refractivity contribution is 7.98. The summed E-state index contributed by atoms with van der Waals surface area (Å²) in [6, 6.07) is 9.15. The molecule has 3 aromatic rings. The van der Waals surface area contributed by atoms with Crippen molar-refractivity contribution in [3.05, 3.63) is 71.9 Å². The van der Waals surface area contributed by atoms with E-state index in [2.05, 4.69) is 20.6 Å². The van der Waals surface area contributed by atoms with Gasteiger partial charge >= 0.3 is 0 Å². The van der Waals surface area contributed by atoms with Crippen LogP contribution in [0.25, 0.3) is 11.1 Å². The van der Waals surface area contributed by atoms with Gasteiger partial charge < -0.3 is 20.1 Å². The number of nitrogens with one attached hydrogen (secondary N) is 2. The second-order valence-electron chi connectivity index (χ2n) is 9.73. The summed E-state index contributed by atoms with van der Waals surface area (Å²) in [5, 5.41) is 5.96. The van der Waals surface area contributed by atoms with Gasteiger partial charge in [0.2, 0.25) is 11.8 Å². The number of imide groups is 1.